The number of para-hydroxylation sites is 1. The molecule has 3 aromatic carbocycles. The molecule has 1 saturated carbocycles. The summed E-state index contributed by atoms with van der Waals surface area (Å²) in [6.07, 6.45) is 6.76. The number of carbonyl (C=O) groups is 1. The Morgan fingerprint density at radius 2 is 1.74 bits per heavy atom. The Bertz CT molecular complexity index is 1400. The summed E-state index contributed by atoms with van der Waals surface area (Å²) >= 11 is 0. The van der Waals surface area contributed by atoms with Crippen LogP contribution >= 0.6 is 0 Å². The van der Waals surface area contributed by atoms with E-state index in [0.29, 0.717) is 12.1 Å². The van der Waals surface area contributed by atoms with Gasteiger partial charge in [-0.05, 0) is 80.1 Å². The molecule has 1 saturated heterocycles. The largest absolute Gasteiger partial charge is 0.490 e. The van der Waals surface area contributed by atoms with Gasteiger partial charge in [0, 0.05) is 38.4 Å². The average Bonchev–Trinajstić information content (AvgIpc) is 3.66. The molecule has 0 atom stereocenters. The quantitative estimate of drug-likeness (QED) is 0.338. The van der Waals surface area contributed by atoms with Crippen LogP contribution in [0.3, 0.4) is 0 Å². The maximum atomic E-state index is 13.0. The third-order valence-electron chi connectivity index (χ3n) is 7.77. The highest BCUT2D eigenvalue weighted by atomic mass is 16.5. The molecule has 7 heteroatoms. The summed E-state index contributed by atoms with van der Waals surface area (Å²) in [5, 5.41) is 11.4. The zero-order chi connectivity index (χ0) is 25.9. The highest BCUT2D eigenvalue weighted by molar-refractivity contribution is 6.01. The first-order valence-corrected chi connectivity index (χ1v) is 13.8. The molecule has 0 radical (unpaired) electrons. The minimum absolute atomic E-state index is 0.0335. The van der Waals surface area contributed by atoms with E-state index in [0.717, 1.165) is 72.5 Å². The van der Waals surface area contributed by atoms with Crippen LogP contribution < -0.4 is 19.9 Å². The van der Waals surface area contributed by atoms with Gasteiger partial charge in [0.25, 0.3) is 5.91 Å². The maximum Gasteiger partial charge on any atom is 0.253 e. The van der Waals surface area contributed by atoms with Gasteiger partial charge in [-0.25, -0.2) is 0 Å². The first kappa shape index (κ1) is 24.3. The summed E-state index contributed by atoms with van der Waals surface area (Å²) in [5.74, 6) is 0.845. The highest BCUT2D eigenvalue weighted by Gasteiger charge is 2.23. The van der Waals surface area contributed by atoms with Crippen LogP contribution in [0.1, 0.15) is 43.0 Å². The predicted octanol–water partition coefficient (Wildman–Crippen LogP) is 5.63. The van der Waals surface area contributed by atoms with Crippen molar-refractivity contribution in [3.05, 3.63) is 72.4 Å². The fourth-order valence-electron chi connectivity index (χ4n) is 5.73. The summed E-state index contributed by atoms with van der Waals surface area (Å²) in [6, 6.07) is 21.0. The molecule has 1 aromatic heterocycles. The summed E-state index contributed by atoms with van der Waals surface area (Å²) in [4.78, 5) is 17.8. The Kier molecular flexibility index (Phi) is 6.90. The average molecular weight is 510 g/mol. The number of fused-ring (bicyclic) bond motifs is 1. The van der Waals surface area contributed by atoms with Crippen LogP contribution in [0.2, 0.25) is 0 Å². The Hall–Kier alpha value is -4.00. The SMILES string of the molecule is CCNC(=O)c1ccc(-c2cc(OC3CCCC3)c3cn[nH]c3c2)cc1N1CCN(c2ccccc2)CC1. The van der Waals surface area contributed by atoms with Crippen molar-refractivity contribution < 1.29 is 9.53 Å². The van der Waals surface area contributed by atoms with Crippen LogP contribution in [0.15, 0.2) is 66.9 Å². The van der Waals surface area contributed by atoms with Gasteiger partial charge in [0.15, 0.2) is 0 Å². The lowest BCUT2D eigenvalue weighted by Gasteiger charge is -2.38. The van der Waals surface area contributed by atoms with Gasteiger partial charge >= 0.3 is 0 Å². The number of H-pyrrole nitrogens is 1. The number of hydrogen-bond donors (Lipinski definition) is 2. The van der Waals surface area contributed by atoms with Gasteiger partial charge in [0.2, 0.25) is 0 Å². The number of benzene rings is 3. The van der Waals surface area contributed by atoms with E-state index in [1.165, 1.54) is 18.5 Å². The first-order chi connectivity index (χ1) is 18.7. The number of carbonyl (C=O) groups excluding carboxylic acids is 1. The van der Waals surface area contributed by atoms with Gasteiger partial charge in [0.05, 0.1) is 34.5 Å². The molecule has 0 bridgehead atoms. The molecule has 0 unspecified atom stereocenters. The van der Waals surface area contributed by atoms with E-state index in [1.807, 2.05) is 25.3 Å². The van der Waals surface area contributed by atoms with Crippen LogP contribution in [0, 0.1) is 0 Å². The number of anilines is 2. The molecule has 2 fully saturated rings. The molecule has 196 valence electrons. The van der Waals surface area contributed by atoms with E-state index in [2.05, 4.69) is 73.8 Å². The minimum Gasteiger partial charge on any atom is -0.490 e. The fourth-order valence-corrected chi connectivity index (χ4v) is 5.73. The molecule has 1 aliphatic heterocycles. The molecule has 6 rings (SSSR count). The van der Waals surface area contributed by atoms with Gasteiger partial charge in [-0.1, -0.05) is 24.3 Å². The number of amides is 1. The number of ether oxygens (including phenoxy) is 1. The molecule has 38 heavy (non-hydrogen) atoms. The number of aromatic amines is 1. The smallest absolute Gasteiger partial charge is 0.253 e. The van der Waals surface area contributed by atoms with E-state index in [1.54, 1.807) is 0 Å². The van der Waals surface area contributed by atoms with E-state index < -0.39 is 0 Å². The second-order valence-electron chi connectivity index (χ2n) is 10.2. The van der Waals surface area contributed by atoms with E-state index >= 15 is 0 Å². The predicted molar refractivity (Wildman–Crippen MR) is 153 cm³/mol. The zero-order valence-corrected chi connectivity index (χ0v) is 22.0. The number of piperazine rings is 1. The first-order valence-electron chi connectivity index (χ1n) is 13.8. The van der Waals surface area contributed by atoms with Crippen LogP contribution in [-0.2, 0) is 0 Å². The van der Waals surface area contributed by atoms with E-state index in [9.17, 15) is 4.79 Å². The summed E-state index contributed by atoms with van der Waals surface area (Å²) in [5.41, 5.74) is 6.01. The Labute approximate surface area is 223 Å². The molecule has 4 aromatic rings. The monoisotopic (exact) mass is 509 g/mol. The van der Waals surface area contributed by atoms with Crippen molar-refractivity contribution in [3.8, 4) is 16.9 Å². The van der Waals surface area contributed by atoms with Crippen LogP contribution in [0.25, 0.3) is 22.0 Å². The molecule has 7 nitrogen and oxygen atoms in total. The van der Waals surface area contributed by atoms with Crippen molar-refractivity contribution in [2.24, 2.45) is 0 Å². The second kappa shape index (κ2) is 10.8. The van der Waals surface area contributed by atoms with Crippen LogP contribution in [0.5, 0.6) is 5.75 Å². The van der Waals surface area contributed by atoms with E-state index in [-0.39, 0.29) is 12.0 Å². The normalized spacial score (nSPS) is 16.2. The summed E-state index contributed by atoms with van der Waals surface area (Å²) in [6.45, 7) is 6.06. The van der Waals surface area contributed by atoms with Crippen LogP contribution in [-0.4, -0.2) is 54.9 Å². The van der Waals surface area contributed by atoms with Crippen molar-refractivity contribution in [3.63, 3.8) is 0 Å². The Morgan fingerprint density at radius 3 is 2.50 bits per heavy atom. The van der Waals surface area contributed by atoms with Gasteiger partial charge in [-0.2, -0.15) is 5.10 Å². The standard InChI is InChI=1S/C31H35N5O2/c1-2-32-31(37)26-13-12-22(19-29(26)36-16-14-35(15-17-36)24-8-4-3-5-9-24)23-18-28-27(21-33-34-28)30(20-23)38-25-10-6-7-11-25/h3-5,8-9,12-13,18-21,25H,2,6-7,10-11,14-17H2,1H3,(H,32,37)(H,33,34). The molecule has 1 aliphatic carbocycles. The van der Waals surface area contributed by atoms with Crippen molar-refractivity contribution >= 4 is 28.2 Å². The molecule has 2 N–H and O–H groups in total. The maximum absolute atomic E-state index is 13.0. The third-order valence-corrected chi connectivity index (χ3v) is 7.77. The zero-order valence-electron chi connectivity index (χ0n) is 22.0. The number of rotatable bonds is 7. The van der Waals surface area contributed by atoms with Gasteiger partial charge in [-0.3, -0.25) is 9.89 Å². The van der Waals surface area contributed by atoms with Gasteiger partial charge < -0.3 is 19.9 Å². The highest BCUT2D eigenvalue weighted by Crippen LogP contribution is 2.36. The van der Waals surface area contributed by atoms with Gasteiger partial charge in [0.1, 0.15) is 5.75 Å². The molecule has 0 spiro atoms. The Balaban J connectivity index is 1.33. The van der Waals surface area contributed by atoms with Gasteiger partial charge in [-0.15, -0.1) is 0 Å². The summed E-state index contributed by atoms with van der Waals surface area (Å²) < 4.78 is 6.46. The van der Waals surface area contributed by atoms with Crippen LogP contribution in [0.4, 0.5) is 11.4 Å². The fraction of sp³-hybridized carbons (Fsp3) is 0.355. The second-order valence-corrected chi connectivity index (χ2v) is 10.2. The third kappa shape index (κ3) is 4.93. The molecular weight excluding hydrogens is 474 g/mol. The summed E-state index contributed by atoms with van der Waals surface area (Å²) in [7, 11) is 0. The van der Waals surface area contributed by atoms with Crippen molar-refractivity contribution in [1.82, 2.24) is 15.5 Å². The van der Waals surface area contributed by atoms with Crippen molar-refractivity contribution in [2.75, 3.05) is 42.5 Å². The lowest BCUT2D eigenvalue weighted by Crippen LogP contribution is -2.47. The minimum atomic E-state index is -0.0335. The van der Waals surface area contributed by atoms with Crippen molar-refractivity contribution in [2.45, 2.75) is 38.7 Å². The lowest BCUT2D eigenvalue weighted by atomic mass is 9.99. The number of hydrogen-bond acceptors (Lipinski definition) is 5. The molecule has 2 aliphatic rings. The number of nitrogens with one attached hydrogen (secondary N) is 2. The molecule has 1 amide bonds. The molecular formula is C31H35N5O2. The van der Waals surface area contributed by atoms with Crippen molar-refractivity contribution in [1.29, 1.82) is 0 Å². The topological polar surface area (TPSA) is 73.5 Å². The number of aromatic nitrogens is 2. The number of nitrogens with zero attached hydrogens (tertiary/aromatic N) is 3. The van der Waals surface area contributed by atoms with E-state index in [4.69, 9.17) is 4.74 Å². The lowest BCUT2D eigenvalue weighted by molar-refractivity contribution is 0.0956. The Morgan fingerprint density at radius 1 is 0.974 bits per heavy atom. The molecule has 2 heterocycles.